The van der Waals surface area contributed by atoms with Gasteiger partial charge in [-0.1, -0.05) is 18.2 Å². The van der Waals surface area contributed by atoms with Crippen molar-refractivity contribution >= 4 is 21.4 Å². The second kappa shape index (κ2) is 6.01. The van der Waals surface area contributed by atoms with Gasteiger partial charge in [0.25, 0.3) is 0 Å². The maximum Gasteiger partial charge on any atom is 0.240 e. The summed E-state index contributed by atoms with van der Waals surface area (Å²) in [7, 11) is -3.83. The van der Waals surface area contributed by atoms with Gasteiger partial charge < -0.3 is 5.32 Å². The zero-order chi connectivity index (χ0) is 15.5. The van der Waals surface area contributed by atoms with Crippen molar-refractivity contribution in [1.29, 1.82) is 0 Å². The summed E-state index contributed by atoms with van der Waals surface area (Å²) in [5.41, 5.74) is -0.400. The van der Waals surface area contributed by atoms with Gasteiger partial charge in [0.15, 0.2) is 9.84 Å². The van der Waals surface area contributed by atoms with Crippen LogP contribution in [0.4, 0.5) is 14.5 Å². The van der Waals surface area contributed by atoms with Crippen LogP contribution < -0.4 is 5.32 Å². The molecule has 2 aromatic carbocycles. The molecular weight excluding hydrogens is 300 g/mol. The molecule has 0 fully saturated rings. The van der Waals surface area contributed by atoms with E-state index in [0.29, 0.717) is 0 Å². The van der Waals surface area contributed by atoms with Crippen LogP contribution in [-0.4, -0.2) is 20.1 Å². The van der Waals surface area contributed by atoms with Gasteiger partial charge in [-0.15, -0.1) is 0 Å². The zero-order valence-corrected chi connectivity index (χ0v) is 11.5. The molecule has 1 N–H and O–H groups in total. The summed E-state index contributed by atoms with van der Waals surface area (Å²) in [6, 6.07) is 9.91. The molecule has 0 saturated heterocycles. The van der Waals surface area contributed by atoms with Gasteiger partial charge in [-0.05, 0) is 24.3 Å². The van der Waals surface area contributed by atoms with Crippen molar-refractivity contribution in [2.24, 2.45) is 0 Å². The molecule has 2 rings (SSSR count). The van der Waals surface area contributed by atoms with E-state index in [1.165, 1.54) is 24.3 Å². The van der Waals surface area contributed by atoms with Crippen molar-refractivity contribution in [3.8, 4) is 0 Å². The van der Waals surface area contributed by atoms with E-state index in [0.717, 1.165) is 18.2 Å². The molecule has 0 radical (unpaired) electrons. The lowest BCUT2D eigenvalue weighted by Crippen LogP contribution is -2.23. The molecule has 0 spiro atoms. The minimum Gasteiger partial charge on any atom is -0.323 e. The third-order valence-corrected chi connectivity index (χ3v) is 4.26. The number of sulfone groups is 1. The molecule has 110 valence electrons. The number of carbonyl (C=O) groups excluding carboxylic acids is 1. The van der Waals surface area contributed by atoms with Crippen LogP contribution in [0.5, 0.6) is 0 Å². The quantitative estimate of drug-likeness (QED) is 0.943. The highest BCUT2D eigenvalue weighted by Gasteiger charge is 2.20. The second-order valence-corrected chi connectivity index (χ2v) is 6.23. The Morgan fingerprint density at radius 1 is 1.05 bits per heavy atom. The number of rotatable bonds is 4. The van der Waals surface area contributed by atoms with E-state index < -0.39 is 38.8 Å². The Balaban J connectivity index is 2.14. The lowest BCUT2D eigenvalue weighted by Gasteiger charge is -2.07. The molecule has 0 bridgehead atoms. The largest absolute Gasteiger partial charge is 0.323 e. The van der Waals surface area contributed by atoms with Crippen LogP contribution >= 0.6 is 0 Å². The second-order valence-electron chi connectivity index (χ2n) is 4.24. The highest BCUT2D eigenvalue weighted by atomic mass is 32.2. The van der Waals surface area contributed by atoms with Crippen molar-refractivity contribution in [3.63, 3.8) is 0 Å². The van der Waals surface area contributed by atoms with Gasteiger partial charge in [0, 0.05) is 6.07 Å². The monoisotopic (exact) mass is 311 g/mol. The Labute approximate surface area is 120 Å². The van der Waals surface area contributed by atoms with Gasteiger partial charge in [0.1, 0.15) is 17.4 Å². The average Bonchev–Trinajstić information content (AvgIpc) is 2.43. The van der Waals surface area contributed by atoms with Gasteiger partial charge in [-0.3, -0.25) is 4.79 Å². The third-order valence-electron chi connectivity index (χ3n) is 2.63. The van der Waals surface area contributed by atoms with E-state index in [-0.39, 0.29) is 4.90 Å². The topological polar surface area (TPSA) is 63.2 Å². The summed E-state index contributed by atoms with van der Waals surface area (Å²) >= 11 is 0. The highest BCUT2D eigenvalue weighted by molar-refractivity contribution is 7.92. The van der Waals surface area contributed by atoms with Gasteiger partial charge in [0.2, 0.25) is 5.91 Å². The first-order valence-corrected chi connectivity index (χ1v) is 7.56. The average molecular weight is 311 g/mol. The normalized spacial score (nSPS) is 11.1. The molecule has 0 aliphatic carbocycles. The van der Waals surface area contributed by atoms with Crippen LogP contribution in [0, 0.1) is 11.6 Å². The molecule has 21 heavy (non-hydrogen) atoms. The van der Waals surface area contributed by atoms with Crippen LogP contribution in [0.2, 0.25) is 0 Å². The molecule has 1 amide bonds. The first kappa shape index (κ1) is 15.1. The zero-order valence-electron chi connectivity index (χ0n) is 10.7. The fourth-order valence-corrected chi connectivity index (χ4v) is 2.82. The van der Waals surface area contributed by atoms with E-state index in [1.807, 2.05) is 5.32 Å². The Bertz CT molecular complexity index is 761. The predicted octanol–water partition coefficient (Wildman–Crippen LogP) is 2.38. The molecule has 0 saturated carbocycles. The van der Waals surface area contributed by atoms with E-state index in [4.69, 9.17) is 0 Å². The fourth-order valence-electron chi connectivity index (χ4n) is 1.66. The van der Waals surface area contributed by atoms with Crippen LogP contribution in [0.3, 0.4) is 0 Å². The van der Waals surface area contributed by atoms with E-state index in [9.17, 15) is 22.0 Å². The molecule has 0 aromatic heterocycles. The summed E-state index contributed by atoms with van der Waals surface area (Å²) in [5.74, 6) is -3.38. The SMILES string of the molecule is O=C(CS(=O)(=O)c1ccccc1)Nc1cc(F)ccc1F. The highest BCUT2D eigenvalue weighted by Crippen LogP contribution is 2.16. The maximum atomic E-state index is 13.4. The van der Waals surface area contributed by atoms with Gasteiger partial charge in [-0.2, -0.15) is 0 Å². The Morgan fingerprint density at radius 3 is 2.38 bits per heavy atom. The van der Waals surface area contributed by atoms with Gasteiger partial charge in [0.05, 0.1) is 10.6 Å². The predicted molar refractivity (Wildman–Crippen MR) is 73.5 cm³/mol. The third kappa shape index (κ3) is 3.85. The van der Waals surface area contributed by atoms with Gasteiger partial charge in [-0.25, -0.2) is 17.2 Å². The molecular formula is C14H11F2NO3S. The lowest BCUT2D eigenvalue weighted by molar-refractivity contribution is -0.113. The van der Waals surface area contributed by atoms with E-state index in [2.05, 4.69) is 0 Å². The van der Waals surface area contributed by atoms with Crippen LogP contribution in [0.25, 0.3) is 0 Å². The maximum absolute atomic E-state index is 13.4. The molecule has 0 aliphatic heterocycles. The number of halogens is 2. The standard InChI is InChI=1S/C14H11F2NO3S/c15-10-6-7-12(16)13(8-10)17-14(18)9-21(19,20)11-4-2-1-3-5-11/h1-8H,9H2,(H,17,18). The Hall–Kier alpha value is -2.28. The summed E-state index contributed by atoms with van der Waals surface area (Å²) in [6.45, 7) is 0. The number of anilines is 1. The van der Waals surface area contributed by atoms with Crippen LogP contribution in [-0.2, 0) is 14.6 Å². The van der Waals surface area contributed by atoms with E-state index in [1.54, 1.807) is 6.07 Å². The molecule has 0 aliphatic rings. The fraction of sp³-hybridized carbons (Fsp3) is 0.0714. The summed E-state index contributed by atoms with van der Waals surface area (Å²) in [5, 5.41) is 2.04. The summed E-state index contributed by atoms with van der Waals surface area (Å²) in [4.78, 5) is 11.7. The molecule has 7 heteroatoms. The minimum atomic E-state index is -3.83. The molecule has 0 heterocycles. The number of carbonyl (C=O) groups is 1. The Morgan fingerprint density at radius 2 is 1.71 bits per heavy atom. The van der Waals surface area contributed by atoms with E-state index >= 15 is 0 Å². The molecule has 0 atom stereocenters. The molecule has 0 unspecified atom stereocenters. The van der Waals surface area contributed by atoms with Gasteiger partial charge >= 0.3 is 0 Å². The van der Waals surface area contributed by atoms with Crippen molar-refractivity contribution < 1.29 is 22.0 Å². The molecule has 2 aromatic rings. The summed E-state index contributed by atoms with van der Waals surface area (Å²) in [6.07, 6.45) is 0. The number of benzene rings is 2. The first-order valence-electron chi connectivity index (χ1n) is 5.91. The number of nitrogens with one attached hydrogen (secondary N) is 1. The molecule has 4 nitrogen and oxygen atoms in total. The Kier molecular flexibility index (Phi) is 4.32. The van der Waals surface area contributed by atoms with Crippen molar-refractivity contribution in [2.45, 2.75) is 4.90 Å². The summed E-state index contributed by atoms with van der Waals surface area (Å²) < 4.78 is 50.2. The number of hydrogen-bond acceptors (Lipinski definition) is 3. The van der Waals surface area contributed by atoms with Crippen LogP contribution in [0.15, 0.2) is 53.4 Å². The van der Waals surface area contributed by atoms with Crippen molar-refractivity contribution in [1.82, 2.24) is 0 Å². The number of amides is 1. The lowest BCUT2D eigenvalue weighted by atomic mass is 10.3. The minimum absolute atomic E-state index is 0.0140. The van der Waals surface area contributed by atoms with Crippen molar-refractivity contribution in [2.75, 3.05) is 11.1 Å². The van der Waals surface area contributed by atoms with Crippen molar-refractivity contribution in [3.05, 3.63) is 60.2 Å². The first-order chi connectivity index (χ1) is 9.88. The van der Waals surface area contributed by atoms with Crippen LogP contribution in [0.1, 0.15) is 0 Å². The number of hydrogen-bond donors (Lipinski definition) is 1. The smallest absolute Gasteiger partial charge is 0.240 e.